The maximum Gasteiger partial charge on any atom is 0.244 e. The molecule has 0 saturated heterocycles. The van der Waals surface area contributed by atoms with Gasteiger partial charge in [0.2, 0.25) is 11.8 Å². The molecule has 2 N–H and O–H groups in total. The number of ether oxygens (including phenoxy) is 2. The Hall–Kier alpha value is -4.28. The SMILES string of the molecule is COc1nc(-c2cccc(Cc3cccc(-c4cnc(C5=NCC(C)(C)N5)c(OC)n4)c3Cl)c2Cl)cnc1C1=NCC(C)(C)N1. The summed E-state index contributed by atoms with van der Waals surface area (Å²) in [6.07, 6.45) is 3.86. The molecule has 0 spiro atoms. The third-order valence-electron chi connectivity index (χ3n) is 7.59. The van der Waals surface area contributed by atoms with Crippen molar-refractivity contribution in [2.75, 3.05) is 27.3 Å². The van der Waals surface area contributed by atoms with Gasteiger partial charge in [-0.25, -0.2) is 19.9 Å². The highest BCUT2D eigenvalue weighted by Gasteiger charge is 2.30. The van der Waals surface area contributed by atoms with E-state index in [1.165, 1.54) is 0 Å². The van der Waals surface area contributed by atoms with Crippen LogP contribution in [0.4, 0.5) is 0 Å². The second kappa shape index (κ2) is 11.9. The second-order valence-corrected chi connectivity index (χ2v) is 13.1. The van der Waals surface area contributed by atoms with Gasteiger partial charge >= 0.3 is 0 Å². The number of hydrogen-bond donors (Lipinski definition) is 2. The number of aromatic nitrogens is 4. The quantitative estimate of drug-likeness (QED) is 0.248. The van der Waals surface area contributed by atoms with E-state index in [2.05, 4.69) is 58.3 Å². The normalized spacial score (nSPS) is 16.4. The lowest BCUT2D eigenvalue weighted by atomic mass is 9.99. The molecular formula is C33H34Cl2N8O2. The van der Waals surface area contributed by atoms with Crippen LogP contribution in [0.25, 0.3) is 22.5 Å². The maximum absolute atomic E-state index is 7.00. The summed E-state index contributed by atoms with van der Waals surface area (Å²) in [4.78, 5) is 27.9. The van der Waals surface area contributed by atoms with Crippen LogP contribution >= 0.6 is 23.2 Å². The largest absolute Gasteiger partial charge is 0.479 e. The number of hydrogen-bond acceptors (Lipinski definition) is 10. The third-order valence-corrected chi connectivity index (χ3v) is 8.48. The summed E-state index contributed by atoms with van der Waals surface area (Å²) in [5.74, 6) is 2.07. The minimum atomic E-state index is -0.154. The van der Waals surface area contributed by atoms with E-state index in [1.807, 2.05) is 36.4 Å². The summed E-state index contributed by atoms with van der Waals surface area (Å²) >= 11 is 14.0. The molecule has 2 aliphatic heterocycles. The molecule has 45 heavy (non-hydrogen) atoms. The molecule has 0 aliphatic carbocycles. The summed E-state index contributed by atoms with van der Waals surface area (Å²) < 4.78 is 11.2. The average molecular weight is 646 g/mol. The molecule has 0 saturated carbocycles. The summed E-state index contributed by atoms with van der Waals surface area (Å²) in [5, 5.41) is 7.87. The Morgan fingerprint density at radius 2 is 1.11 bits per heavy atom. The van der Waals surface area contributed by atoms with E-state index < -0.39 is 0 Å². The zero-order valence-electron chi connectivity index (χ0n) is 26.0. The van der Waals surface area contributed by atoms with Gasteiger partial charge < -0.3 is 20.1 Å². The highest BCUT2D eigenvalue weighted by molar-refractivity contribution is 6.35. The molecule has 0 fully saturated rings. The van der Waals surface area contributed by atoms with Gasteiger partial charge in [0.25, 0.3) is 0 Å². The lowest BCUT2D eigenvalue weighted by Crippen LogP contribution is -2.40. The minimum absolute atomic E-state index is 0.154. The molecule has 4 aromatic rings. The number of nitrogens with one attached hydrogen (secondary N) is 2. The van der Waals surface area contributed by atoms with Gasteiger partial charge in [-0.2, -0.15) is 0 Å². The zero-order valence-corrected chi connectivity index (χ0v) is 27.5. The first kappa shape index (κ1) is 30.7. The molecule has 4 heterocycles. The van der Waals surface area contributed by atoms with E-state index in [0.717, 1.165) is 22.3 Å². The second-order valence-electron chi connectivity index (χ2n) is 12.3. The van der Waals surface area contributed by atoms with Crippen molar-refractivity contribution in [3.05, 3.63) is 81.4 Å². The van der Waals surface area contributed by atoms with Crippen LogP contribution in [0.1, 0.15) is 50.2 Å². The van der Waals surface area contributed by atoms with Gasteiger partial charge in [-0.15, -0.1) is 0 Å². The average Bonchev–Trinajstić information content (AvgIpc) is 3.58. The van der Waals surface area contributed by atoms with Crippen LogP contribution in [-0.4, -0.2) is 70.0 Å². The number of benzene rings is 2. The van der Waals surface area contributed by atoms with Gasteiger partial charge in [0.1, 0.15) is 0 Å². The predicted molar refractivity (Wildman–Crippen MR) is 178 cm³/mol. The van der Waals surface area contributed by atoms with Gasteiger partial charge in [-0.3, -0.25) is 9.98 Å². The van der Waals surface area contributed by atoms with Crippen molar-refractivity contribution in [3.63, 3.8) is 0 Å². The number of nitrogens with zero attached hydrogens (tertiary/aromatic N) is 6. The van der Waals surface area contributed by atoms with Crippen molar-refractivity contribution >= 4 is 34.9 Å². The monoisotopic (exact) mass is 644 g/mol. The molecule has 232 valence electrons. The lowest BCUT2D eigenvalue weighted by Gasteiger charge is -2.18. The van der Waals surface area contributed by atoms with Gasteiger partial charge in [0.15, 0.2) is 23.1 Å². The molecule has 6 rings (SSSR count). The lowest BCUT2D eigenvalue weighted by molar-refractivity contribution is 0.394. The van der Waals surface area contributed by atoms with Crippen molar-refractivity contribution < 1.29 is 9.47 Å². The van der Waals surface area contributed by atoms with Crippen LogP contribution in [0.5, 0.6) is 11.8 Å². The Morgan fingerprint density at radius 3 is 1.47 bits per heavy atom. The Morgan fingerprint density at radius 1 is 0.689 bits per heavy atom. The van der Waals surface area contributed by atoms with Crippen molar-refractivity contribution in [1.82, 2.24) is 30.6 Å². The molecule has 0 radical (unpaired) electrons. The standard InChI is InChI=1S/C33H34Cl2N8O2/c1-32(2)16-38-28(42-32)26-30(44-5)40-22(14-36-26)20-11-7-9-18(24(20)34)13-19-10-8-12-21(25(19)35)23-15-37-27(31(41-23)45-6)29-39-17-33(3,4)43-29/h7-12,14-15H,13,16-17H2,1-6H3,(H,38,42)(H,39,43). The van der Waals surface area contributed by atoms with E-state index in [4.69, 9.17) is 42.6 Å². The zero-order chi connectivity index (χ0) is 31.9. The van der Waals surface area contributed by atoms with E-state index in [0.29, 0.717) is 75.8 Å². The van der Waals surface area contributed by atoms with E-state index in [1.54, 1.807) is 26.6 Å². The van der Waals surface area contributed by atoms with E-state index >= 15 is 0 Å². The van der Waals surface area contributed by atoms with Gasteiger partial charge in [0.05, 0.1) is 72.2 Å². The molecule has 0 bridgehead atoms. The van der Waals surface area contributed by atoms with Crippen LogP contribution in [0, 0.1) is 0 Å². The summed E-state index contributed by atoms with van der Waals surface area (Å²) in [5.41, 5.74) is 5.23. The van der Waals surface area contributed by atoms with Crippen molar-refractivity contribution in [1.29, 1.82) is 0 Å². The Balaban J connectivity index is 1.28. The molecule has 12 heteroatoms. The first-order valence-corrected chi connectivity index (χ1v) is 15.3. The molecule has 0 unspecified atom stereocenters. The number of aliphatic imine (C=N–C) groups is 2. The topological polar surface area (TPSA) is 119 Å². The molecule has 10 nitrogen and oxygen atoms in total. The van der Waals surface area contributed by atoms with E-state index in [-0.39, 0.29) is 11.1 Å². The number of methoxy groups -OCH3 is 2. The predicted octanol–water partition coefficient (Wildman–Crippen LogP) is 5.77. The Labute approximate surface area is 272 Å². The molecule has 0 amide bonds. The van der Waals surface area contributed by atoms with E-state index in [9.17, 15) is 0 Å². The highest BCUT2D eigenvalue weighted by atomic mass is 35.5. The Kier molecular flexibility index (Phi) is 8.13. The number of rotatable bonds is 8. The molecule has 2 aromatic carbocycles. The first-order valence-electron chi connectivity index (χ1n) is 14.5. The molecule has 2 aromatic heterocycles. The first-order chi connectivity index (χ1) is 21.5. The van der Waals surface area contributed by atoms with Crippen LogP contribution < -0.4 is 20.1 Å². The van der Waals surface area contributed by atoms with Crippen LogP contribution in [0.15, 0.2) is 58.8 Å². The van der Waals surface area contributed by atoms with Crippen molar-refractivity contribution in [2.24, 2.45) is 9.98 Å². The summed E-state index contributed by atoms with van der Waals surface area (Å²) in [6, 6.07) is 11.7. The van der Waals surface area contributed by atoms with Crippen molar-refractivity contribution in [2.45, 2.75) is 45.2 Å². The van der Waals surface area contributed by atoms with Gasteiger partial charge in [0, 0.05) is 17.5 Å². The van der Waals surface area contributed by atoms with Gasteiger partial charge in [-0.05, 0) is 38.8 Å². The van der Waals surface area contributed by atoms with Crippen LogP contribution in [-0.2, 0) is 6.42 Å². The van der Waals surface area contributed by atoms with Gasteiger partial charge in [-0.1, -0.05) is 59.6 Å². The van der Waals surface area contributed by atoms with Crippen molar-refractivity contribution in [3.8, 4) is 34.3 Å². The molecule has 2 aliphatic rings. The minimum Gasteiger partial charge on any atom is -0.479 e. The fraction of sp³-hybridized carbons (Fsp3) is 0.333. The fourth-order valence-electron chi connectivity index (χ4n) is 5.27. The van der Waals surface area contributed by atoms with Crippen LogP contribution in [0.3, 0.4) is 0 Å². The fourth-order valence-corrected chi connectivity index (χ4v) is 5.85. The Bertz CT molecular complexity index is 1720. The maximum atomic E-state index is 7.00. The third kappa shape index (κ3) is 6.17. The molecule has 0 atom stereocenters. The summed E-state index contributed by atoms with van der Waals surface area (Å²) in [6.45, 7) is 9.60. The number of halogens is 2. The highest BCUT2D eigenvalue weighted by Crippen LogP contribution is 2.36. The molecular weight excluding hydrogens is 611 g/mol. The smallest absolute Gasteiger partial charge is 0.244 e. The summed E-state index contributed by atoms with van der Waals surface area (Å²) in [7, 11) is 3.14. The number of amidine groups is 2. The van der Waals surface area contributed by atoms with Crippen LogP contribution in [0.2, 0.25) is 10.0 Å².